The number of nitrogen functional groups attached to an aromatic ring is 2. The van der Waals surface area contributed by atoms with Gasteiger partial charge in [0, 0.05) is 35.6 Å². The summed E-state index contributed by atoms with van der Waals surface area (Å²) in [5.41, 5.74) is 14.4. The van der Waals surface area contributed by atoms with Crippen LogP contribution in [0.5, 0.6) is 0 Å². The number of quaternary nitrogens is 1. The Kier molecular flexibility index (Phi) is 7.62. The zero-order chi connectivity index (χ0) is 24.3. The smallest absolute Gasteiger partial charge is 0.217 e. The number of nitrogens with zero attached hydrogens (tertiary/aromatic N) is 1. The third-order valence-electron chi connectivity index (χ3n) is 4.79. The summed E-state index contributed by atoms with van der Waals surface area (Å²) in [5.74, 6) is -0.511. The second-order valence-electron chi connectivity index (χ2n) is 8.25. The normalized spacial score (nSPS) is 13.0. The summed E-state index contributed by atoms with van der Waals surface area (Å²) in [6, 6.07) is 8.36. The molecule has 0 aliphatic heterocycles. The van der Waals surface area contributed by atoms with Crippen molar-refractivity contribution < 1.29 is 31.2 Å². The van der Waals surface area contributed by atoms with Gasteiger partial charge in [-0.15, -0.1) is 0 Å². The van der Waals surface area contributed by atoms with Crippen molar-refractivity contribution >= 4 is 39.0 Å². The van der Waals surface area contributed by atoms with E-state index in [2.05, 4.69) is 30.6 Å². The van der Waals surface area contributed by atoms with E-state index in [0.717, 1.165) is 24.6 Å². The van der Waals surface area contributed by atoms with E-state index in [4.69, 9.17) is 11.5 Å². The number of carbonyl (C=O) groups is 2. The highest BCUT2D eigenvalue weighted by Gasteiger charge is 2.34. The fourth-order valence-corrected chi connectivity index (χ4v) is 3.30. The number of ketones is 2. The Morgan fingerprint density at radius 3 is 2.12 bits per heavy atom. The Morgan fingerprint density at radius 1 is 0.969 bits per heavy atom. The van der Waals surface area contributed by atoms with Crippen LogP contribution in [0.15, 0.2) is 30.3 Å². The molecular weight excluding hydrogens is 436 g/mol. The van der Waals surface area contributed by atoms with Gasteiger partial charge in [-0.1, -0.05) is 12.1 Å². The highest BCUT2D eigenvalue weighted by molar-refractivity contribution is 7.80. The van der Waals surface area contributed by atoms with Gasteiger partial charge < -0.3 is 25.8 Å². The van der Waals surface area contributed by atoms with E-state index in [1.165, 1.54) is 0 Å². The van der Waals surface area contributed by atoms with Gasteiger partial charge in [-0.3, -0.25) is 13.8 Å². The highest BCUT2D eigenvalue weighted by atomic mass is 32.3. The van der Waals surface area contributed by atoms with Crippen molar-refractivity contribution in [3.63, 3.8) is 0 Å². The fourth-order valence-electron chi connectivity index (χ4n) is 3.30. The number of fused-ring (bicyclic) bond motifs is 2. The molecule has 2 aromatic rings. The molecule has 3 rings (SSSR count). The van der Waals surface area contributed by atoms with Crippen LogP contribution < -0.4 is 16.8 Å². The third-order valence-corrected chi connectivity index (χ3v) is 5.19. The van der Waals surface area contributed by atoms with Gasteiger partial charge in [0.05, 0.1) is 51.5 Å². The first kappa shape index (κ1) is 25.3. The second-order valence-corrected chi connectivity index (χ2v) is 9.40. The van der Waals surface area contributed by atoms with E-state index in [1.54, 1.807) is 30.3 Å². The van der Waals surface area contributed by atoms with Crippen LogP contribution in [0.3, 0.4) is 0 Å². The number of carbonyl (C=O) groups excluding carboxylic acids is 2. The van der Waals surface area contributed by atoms with E-state index >= 15 is 0 Å². The van der Waals surface area contributed by atoms with Gasteiger partial charge in [-0.05, 0) is 18.2 Å². The molecule has 32 heavy (non-hydrogen) atoms. The van der Waals surface area contributed by atoms with E-state index in [9.17, 15) is 22.6 Å². The summed E-state index contributed by atoms with van der Waals surface area (Å²) in [6.45, 7) is 1.69. The van der Waals surface area contributed by atoms with E-state index in [1.807, 2.05) is 0 Å². The lowest BCUT2D eigenvalue weighted by Gasteiger charge is -2.25. The molecule has 0 saturated carbocycles. The maximum Gasteiger partial charge on any atom is 0.217 e. The van der Waals surface area contributed by atoms with Crippen LogP contribution in [0, 0.1) is 0 Å². The number of hydrogen-bond donors (Lipinski definition) is 3. The Morgan fingerprint density at radius 2 is 1.56 bits per heavy atom. The predicted molar refractivity (Wildman–Crippen MR) is 121 cm³/mol. The zero-order valence-electron chi connectivity index (χ0n) is 18.5. The molecule has 5 N–H and O–H groups in total. The van der Waals surface area contributed by atoms with Gasteiger partial charge >= 0.3 is 0 Å². The maximum absolute atomic E-state index is 13.1. The molecule has 1 aliphatic rings. The van der Waals surface area contributed by atoms with Crippen molar-refractivity contribution in [1.82, 2.24) is 0 Å². The van der Waals surface area contributed by atoms with Crippen LogP contribution in [0.1, 0.15) is 38.3 Å². The quantitative estimate of drug-likeness (QED) is 0.160. The second kappa shape index (κ2) is 9.65. The van der Waals surface area contributed by atoms with Crippen LogP contribution in [0.4, 0.5) is 17.1 Å². The average Bonchev–Trinajstić information content (AvgIpc) is 2.69. The van der Waals surface area contributed by atoms with Crippen molar-refractivity contribution in [3.05, 3.63) is 52.6 Å². The van der Waals surface area contributed by atoms with Crippen LogP contribution in [-0.4, -0.2) is 70.4 Å². The number of rotatable bonds is 6. The minimum absolute atomic E-state index is 0.255. The van der Waals surface area contributed by atoms with Crippen LogP contribution >= 0.6 is 0 Å². The molecule has 10 nitrogen and oxygen atoms in total. The standard InChI is InChI=1S/C20H24N4O2.CH4O4S/c1-24(2,3)11-5-10-23-15-9-8-14(22)17-18(15)20(26)16-12(19(17)25)6-4-7-13(16)21;1-5-6(2,3)4/h4,6-9H,5,10-11H2,1-3H3,(H4-,21,22,23,25,26);1H3,(H,2,3,4). The summed E-state index contributed by atoms with van der Waals surface area (Å²) in [6.07, 6.45) is 0.934. The van der Waals surface area contributed by atoms with Crippen molar-refractivity contribution in [2.75, 3.05) is 58.1 Å². The van der Waals surface area contributed by atoms with Crippen LogP contribution in [-0.2, 0) is 14.6 Å². The molecular formula is C21H28N4O6S. The molecule has 0 amide bonds. The van der Waals surface area contributed by atoms with E-state index < -0.39 is 10.4 Å². The van der Waals surface area contributed by atoms with Crippen LogP contribution in [0.25, 0.3) is 0 Å². The summed E-state index contributed by atoms with van der Waals surface area (Å²) in [5, 5.41) is 3.29. The number of nitrogens with one attached hydrogen (secondary N) is 1. The van der Waals surface area contributed by atoms with Gasteiger partial charge in [-0.2, -0.15) is 0 Å². The van der Waals surface area contributed by atoms with Gasteiger partial charge in [0.25, 0.3) is 0 Å². The minimum Gasteiger partial charge on any atom is -0.726 e. The lowest BCUT2D eigenvalue weighted by Crippen LogP contribution is -2.36. The predicted octanol–water partition coefficient (Wildman–Crippen LogP) is 1.23. The van der Waals surface area contributed by atoms with Gasteiger partial charge in [-0.25, -0.2) is 8.42 Å². The number of benzene rings is 2. The lowest BCUT2D eigenvalue weighted by molar-refractivity contribution is -0.870. The van der Waals surface area contributed by atoms with Crippen molar-refractivity contribution in [3.8, 4) is 0 Å². The Hall–Kier alpha value is -2.99. The van der Waals surface area contributed by atoms with E-state index in [-0.39, 0.29) is 22.7 Å². The van der Waals surface area contributed by atoms with Crippen molar-refractivity contribution in [2.24, 2.45) is 0 Å². The SMILES string of the molecule is COS(=O)(=O)[O-].C[N+](C)(C)CCCNc1ccc(N)c2c1C(=O)c1c(N)cccc1C2=O. The topological polar surface area (TPSA) is 165 Å². The molecule has 0 heterocycles. The molecule has 0 spiro atoms. The Bertz CT molecular complexity index is 1140. The van der Waals surface area contributed by atoms with Gasteiger partial charge in [0.1, 0.15) is 0 Å². The minimum atomic E-state index is -4.41. The van der Waals surface area contributed by atoms with Gasteiger partial charge in [0.2, 0.25) is 10.4 Å². The van der Waals surface area contributed by atoms with Crippen LogP contribution in [0.2, 0.25) is 0 Å². The molecule has 0 atom stereocenters. The molecule has 11 heteroatoms. The summed E-state index contributed by atoms with van der Waals surface area (Å²) in [4.78, 5) is 26.0. The molecule has 0 aromatic heterocycles. The fraction of sp³-hybridized carbons (Fsp3) is 0.333. The largest absolute Gasteiger partial charge is 0.726 e. The third kappa shape index (κ3) is 6.04. The number of nitrogens with two attached hydrogens (primary N) is 2. The molecule has 0 radical (unpaired) electrons. The van der Waals surface area contributed by atoms with Crippen molar-refractivity contribution in [2.45, 2.75) is 6.42 Å². The van der Waals surface area contributed by atoms with Crippen molar-refractivity contribution in [1.29, 1.82) is 0 Å². The number of hydrogen-bond acceptors (Lipinski definition) is 9. The zero-order valence-corrected chi connectivity index (χ0v) is 19.3. The Labute approximate surface area is 187 Å². The maximum atomic E-state index is 13.1. The monoisotopic (exact) mass is 464 g/mol. The Balaban J connectivity index is 0.000000534. The molecule has 0 unspecified atom stereocenters. The average molecular weight is 465 g/mol. The number of anilines is 3. The first-order valence-corrected chi connectivity index (χ1v) is 11.1. The van der Waals surface area contributed by atoms with Gasteiger partial charge in [0.15, 0.2) is 11.6 Å². The summed E-state index contributed by atoms with van der Waals surface area (Å²) in [7, 11) is 2.79. The summed E-state index contributed by atoms with van der Waals surface area (Å²) < 4.78 is 31.9. The first-order chi connectivity index (χ1) is 14.8. The molecule has 0 fully saturated rings. The highest BCUT2D eigenvalue weighted by Crippen LogP contribution is 2.37. The molecule has 0 bridgehead atoms. The molecule has 2 aromatic carbocycles. The molecule has 0 saturated heterocycles. The molecule has 174 valence electrons. The van der Waals surface area contributed by atoms with E-state index in [0.29, 0.717) is 34.7 Å². The lowest BCUT2D eigenvalue weighted by atomic mass is 9.81. The first-order valence-electron chi connectivity index (χ1n) is 9.73. The summed E-state index contributed by atoms with van der Waals surface area (Å²) >= 11 is 0. The molecule has 1 aliphatic carbocycles.